The van der Waals surface area contributed by atoms with Crippen LogP contribution in [-0.4, -0.2) is 23.9 Å². The number of hydrogen-bond acceptors (Lipinski definition) is 2. The van der Waals surface area contributed by atoms with E-state index in [1.807, 2.05) is 13.8 Å². The van der Waals surface area contributed by atoms with Gasteiger partial charge in [-0.2, -0.15) is 0 Å². The van der Waals surface area contributed by atoms with Gasteiger partial charge in [0, 0.05) is 6.07 Å². The first-order valence-corrected chi connectivity index (χ1v) is 6.95. The Morgan fingerprint density at radius 3 is 2.57 bits per heavy atom. The van der Waals surface area contributed by atoms with Crippen molar-refractivity contribution in [3.05, 3.63) is 29.8 Å². The van der Waals surface area contributed by atoms with Crippen molar-refractivity contribution < 1.29 is 18.4 Å². The highest BCUT2D eigenvalue weighted by atomic mass is 19.1. The molecule has 4 nitrogen and oxygen atoms in total. The molecule has 0 aliphatic carbocycles. The largest absolute Gasteiger partial charge is 0.342 e. The number of rotatable bonds is 3. The topological polar surface area (TPSA) is 49.4 Å². The molecule has 0 aromatic heterocycles. The molecule has 3 atom stereocenters. The van der Waals surface area contributed by atoms with E-state index in [1.54, 1.807) is 0 Å². The number of piperazine rings is 1. The molecule has 1 aromatic rings. The van der Waals surface area contributed by atoms with Crippen molar-refractivity contribution in [2.75, 3.05) is 4.90 Å². The fourth-order valence-corrected chi connectivity index (χ4v) is 2.42. The Balaban J connectivity index is 2.43. The highest BCUT2D eigenvalue weighted by molar-refractivity contribution is 6.08. The average Bonchev–Trinajstić information content (AvgIpc) is 2.44. The van der Waals surface area contributed by atoms with Gasteiger partial charge >= 0.3 is 0 Å². The summed E-state index contributed by atoms with van der Waals surface area (Å²) in [7, 11) is 0. The van der Waals surface area contributed by atoms with Gasteiger partial charge < -0.3 is 5.32 Å². The van der Waals surface area contributed by atoms with Gasteiger partial charge in [-0.25, -0.2) is 8.78 Å². The molecule has 114 valence electrons. The molecule has 1 aromatic carbocycles. The van der Waals surface area contributed by atoms with Crippen LogP contribution in [0.2, 0.25) is 0 Å². The van der Waals surface area contributed by atoms with E-state index < -0.39 is 23.7 Å². The van der Waals surface area contributed by atoms with Crippen LogP contribution in [0, 0.1) is 17.6 Å². The molecule has 1 fully saturated rings. The summed E-state index contributed by atoms with van der Waals surface area (Å²) < 4.78 is 27.0. The van der Waals surface area contributed by atoms with Crippen LogP contribution in [-0.2, 0) is 9.59 Å². The van der Waals surface area contributed by atoms with Gasteiger partial charge in [-0.3, -0.25) is 14.5 Å². The molecule has 0 saturated carbocycles. The van der Waals surface area contributed by atoms with Crippen molar-refractivity contribution in [3.8, 4) is 0 Å². The van der Waals surface area contributed by atoms with Crippen molar-refractivity contribution in [2.24, 2.45) is 5.92 Å². The molecule has 1 aliphatic heterocycles. The van der Waals surface area contributed by atoms with E-state index in [9.17, 15) is 18.4 Å². The van der Waals surface area contributed by atoms with Crippen LogP contribution in [0.4, 0.5) is 14.5 Å². The van der Waals surface area contributed by atoms with Gasteiger partial charge in [0.15, 0.2) is 0 Å². The molecule has 3 unspecified atom stereocenters. The lowest BCUT2D eigenvalue weighted by molar-refractivity contribution is -0.134. The average molecular weight is 296 g/mol. The predicted molar refractivity (Wildman–Crippen MR) is 74.7 cm³/mol. The molecular weight excluding hydrogens is 278 g/mol. The SMILES string of the molecule is CCC(C)C1NC(=O)C(C)N(c2ccc(F)cc2F)C1=O. The Labute approximate surface area is 122 Å². The minimum absolute atomic E-state index is 0.0695. The first kappa shape index (κ1) is 15.4. The molecule has 1 heterocycles. The molecule has 1 saturated heterocycles. The van der Waals surface area contributed by atoms with Gasteiger partial charge in [-0.05, 0) is 25.0 Å². The summed E-state index contributed by atoms with van der Waals surface area (Å²) in [6.07, 6.45) is 0.699. The summed E-state index contributed by atoms with van der Waals surface area (Å²) in [5.41, 5.74) is -0.0722. The standard InChI is InChI=1S/C15H18F2N2O2/c1-4-8(2)13-15(21)19(9(3)14(20)18-13)12-6-5-10(16)7-11(12)17/h5-9,13H,4H2,1-3H3,(H,18,20). The molecule has 6 heteroatoms. The molecule has 1 N–H and O–H groups in total. The third-order valence-electron chi connectivity index (χ3n) is 3.95. The van der Waals surface area contributed by atoms with Crippen LogP contribution in [0.5, 0.6) is 0 Å². The minimum Gasteiger partial charge on any atom is -0.342 e. The van der Waals surface area contributed by atoms with E-state index in [2.05, 4.69) is 5.32 Å². The normalized spacial score (nSPS) is 24.0. The van der Waals surface area contributed by atoms with Crippen molar-refractivity contribution in [1.29, 1.82) is 0 Å². The summed E-state index contributed by atoms with van der Waals surface area (Å²) in [5.74, 6) is -2.37. The molecule has 2 amide bonds. The summed E-state index contributed by atoms with van der Waals surface area (Å²) in [4.78, 5) is 25.7. The number of nitrogens with zero attached hydrogens (tertiary/aromatic N) is 1. The van der Waals surface area contributed by atoms with Crippen LogP contribution in [0.25, 0.3) is 0 Å². The summed E-state index contributed by atoms with van der Waals surface area (Å²) >= 11 is 0. The Hall–Kier alpha value is -1.98. The lowest BCUT2D eigenvalue weighted by Crippen LogP contribution is -2.64. The Morgan fingerprint density at radius 1 is 1.33 bits per heavy atom. The number of amides is 2. The van der Waals surface area contributed by atoms with Crippen LogP contribution < -0.4 is 10.2 Å². The minimum atomic E-state index is -0.854. The van der Waals surface area contributed by atoms with E-state index in [0.717, 1.165) is 11.0 Å². The number of carbonyl (C=O) groups is 2. The van der Waals surface area contributed by atoms with E-state index >= 15 is 0 Å². The lowest BCUT2D eigenvalue weighted by Gasteiger charge is -2.39. The van der Waals surface area contributed by atoms with Gasteiger partial charge in [0.2, 0.25) is 5.91 Å². The fourth-order valence-electron chi connectivity index (χ4n) is 2.42. The molecule has 21 heavy (non-hydrogen) atoms. The smallest absolute Gasteiger partial charge is 0.250 e. The zero-order valence-corrected chi connectivity index (χ0v) is 12.2. The zero-order valence-electron chi connectivity index (χ0n) is 12.2. The van der Waals surface area contributed by atoms with Crippen LogP contribution in [0.15, 0.2) is 18.2 Å². The number of halogens is 2. The second-order valence-electron chi connectivity index (χ2n) is 5.35. The quantitative estimate of drug-likeness (QED) is 0.930. The first-order valence-electron chi connectivity index (χ1n) is 6.95. The highest BCUT2D eigenvalue weighted by Gasteiger charge is 2.41. The number of anilines is 1. The Bertz CT molecular complexity index is 577. The van der Waals surface area contributed by atoms with Gasteiger partial charge in [0.05, 0.1) is 5.69 Å². The third-order valence-corrected chi connectivity index (χ3v) is 3.95. The molecule has 0 radical (unpaired) electrons. The maximum Gasteiger partial charge on any atom is 0.250 e. The van der Waals surface area contributed by atoms with Gasteiger partial charge in [0.1, 0.15) is 23.7 Å². The van der Waals surface area contributed by atoms with E-state index in [4.69, 9.17) is 0 Å². The summed E-state index contributed by atoms with van der Waals surface area (Å²) in [6, 6.07) is 1.44. The Kier molecular flexibility index (Phi) is 4.25. The third kappa shape index (κ3) is 2.75. The molecule has 1 aliphatic rings. The summed E-state index contributed by atoms with van der Waals surface area (Å²) in [6.45, 7) is 5.27. The maximum atomic E-state index is 14.0. The van der Waals surface area contributed by atoms with Crippen molar-refractivity contribution in [2.45, 2.75) is 39.3 Å². The van der Waals surface area contributed by atoms with Crippen molar-refractivity contribution in [1.82, 2.24) is 5.32 Å². The number of carbonyl (C=O) groups excluding carboxylic acids is 2. The second-order valence-corrected chi connectivity index (χ2v) is 5.35. The van der Waals surface area contributed by atoms with Crippen molar-refractivity contribution >= 4 is 17.5 Å². The number of benzene rings is 1. The first-order chi connectivity index (χ1) is 9.86. The van der Waals surface area contributed by atoms with Crippen LogP contribution in [0.3, 0.4) is 0 Å². The molecule has 0 bridgehead atoms. The lowest BCUT2D eigenvalue weighted by atomic mass is 9.94. The van der Waals surface area contributed by atoms with Gasteiger partial charge in [0.25, 0.3) is 5.91 Å². The molecule has 2 rings (SSSR count). The van der Waals surface area contributed by atoms with Gasteiger partial charge in [-0.1, -0.05) is 20.3 Å². The second kappa shape index (κ2) is 5.79. The number of nitrogens with one attached hydrogen (secondary N) is 1. The predicted octanol–water partition coefficient (Wildman–Crippen LogP) is 2.23. The zero-order chi connectivity index (χ0) is 15.7. The van der Waals surface area contributed by atoms with Crippen LogP contribution >= 0.6 is 0 Å². The molecule has 0 spiro atoms. The molecular formula is C15H18F2N2O2. The summed E-state index contributed by atoms with van der Waals surface area (Å²) in [5, 5.41) is 2.67. The van der Waals surface area contributed by atoms with E-state index in [1.165, 1.54) is 13.0 Å². The fraction of sp³-hybridized carbons (Fsp3) is 0.467. The van der Waals surface area contributed by atoms with Crippen molar-refractivity contribution in [3.63, 3.8) is 0 Å². The van der Waals surface area contributed by atoms with E-state index in [-0.39, 0.29) is 23.4 Å². The maximum absolute atomic E-state index is 14.0. The number of hydrogen-bond donors (Lipinski definition) is 1. The van der Waals surface area contributed by atoms with Gasteiger partial charge in [-0.15, -0.1) is 0 Å². The Morgan fingerprint density at radius 2 is 2.00 bits per heavy atom. The van der Waals surface area contributed by atoms with Crippen LogP contribution in [0.1, 0.15) is 27.2 Å². The van der Waals surface area contributed by atoms with E-state index in [0.29, 0.717) is 12.5 Å². The monoisotopic (exact) mass is 296 g/mol. The highest BCUT2D eigenvalue weighted by Crippen LogP contribution is 2.27.